The van der Waals surface area contributed by atoms with Gasteiger partial charge >= 0.3 is 5.97 Å². The number of hydrogen-bond acceptors (Lipinski definition) is 3. The van der Waals surface area contributed by atoms with E-state index in [4.69, 9.17) is 4.74 Å². The van der Waals surface area contributed by atoms with E-state index in [1.54, 1.807) is 0 Å². The summed E-state index contributed by atoms with van der Waals surface area (Å²) in [6.45, 7) is 5.95. The fourth-order valence-corrected chi connectivity index (χ4v) is 1.96. The Hall–Kier alpha value is -0.900. The summed E-state index contributed by atoms with van der Waals surface area (Å²) in [6.07, 6.45) is 1.84. The quantitative estimate of drug-likeness (QED) is 0.617. The maximum atomic E-state index is 11.5. The van der Waals surface area contributed by atoms with Crippen LogP contribution < -0.4 is 0 Å². The van der Waals surface area contributed by atoms with Gasteiger partial charge in [0, 0.05) is 6.20 Å². The number of hydrogen-bond donors (Lipinski definition) is 1. The minimum absolute atomic E-state index is 0.181. The smallest absolute Gasteiger partial charge is 0.322 e. The van der Waals surface area contributed by atoms with E-state index in [2.05, 4.69) is 4.98 Å². The predicted octanol–water partition coefficient (Wildman–Crippen LogP) is 2.45. The molecular formula is C10H15NO2S. The van der Waals surface area contributed by atoms with Gasteiger partial charge in [-0.25, -0.2) is 0 Å². The normalized spacial score (nSPS) is 11.4. The fraction of sp³-hybridized carbons (Fsp3) is 0.500. The zero-order valence-electron chi connectivity index (χ0n) is 8.66. The van der Waals surface area contributed by atoms with E-state index >= 15 is 0 Å². The summed E-state index contributed by atoms with van der Waals surface area (Å²) in [5.41, 5.74) is 0. The second-order valence-electron chi connectivity index (χ2n) is 3.37. The summed E-state index contributed by atoms with van der Waals surface area (Å²) < 4.78 is 4.44. The van der Waals surface area contributed by atoms with Gasteiger partial charge in [-0.1, -0.05) is 11.8 Å². The van der Waals surface area contributed by atoms with Crippen LogP contribution in [0.3, 0.4) is 0 Å². The number of carbonyl (C=O) groups excluding carboxylic acids is 1. The fourth-order valence-electron chi connectivity index (χ4n) is 0.999. The van der Waals surface area contributed by atoms with Crippen molar-refractivity contribution in [3.8, 4) is 0 Å². The molecule has 0 aliphatic rings. The van der Waals surface area contributed by atoms with Crippen LogP contribution in [0.25, 0.3) is 0 Å². The van der Waals surface area contributed by atoms with Gasteiger partial charge in [-0.15, -0.1) is 0 Å². The highest BCUT2D eigenvalue weighted by atomic mass is 32.2. The lowest BCUT2D eigenvalue weighted by molar-refractivity contribution is -0.145. The minimum atomic E-state index is -0.541. The van der Waals surface area contributed by atoms with Gasteiger partial charge in [-0.3, -0.25) is 4.79 Å². The number of nitrogens with one attached hydrogen (secondary N) is 1. The summed E-state index contributed by atoms with van der Waals surface area (Å²) in [6, 6.07) is 3.84. The van der Waals surface area contributed by atoms with Crippen molar-refractivity contribution in [1.82, 2.24) is 4.98 Å². The van der Waals surface area contributed by atoms with Crippen LogP contribution in [-0.2, 0) is 9.53 Å². The average Bonchev–Trinajstić information content (AvgIpc) is 2.56. The topological polar surface area (TPSA) is 42.1 Å². The van der Waals surface area contributed by atoms with Crippen LogP contribution in [0.4, 0.5) is 0 Å². The monoisotopic (exact) mass is 213 g/mol. The van der Waals surface area contributed by atoms with E-state index < -0.39 is 4.75 Å². The lowest BCUT2D eigenvalue weighted by Crippen LogP contribution is -2.29. The standard InChI is InChI=1S/C10H15NO2S/c1-4-13-9(12)10(2,3)14-8-6-5-7-11-8/h5-7,11H,4H2,1-3H3. The lowest BCUT2D eigenvalue weighted by Gasteiger charge is -2.20. The molecule has 0 aliphatic carbocycles. The van der Waals surface area contributed by atoms with Crippen LogP contribution in [0.5, 0.6) is 0 Å². The Balaban J connectivity index is 2.61. The van der Waals surface area contributed by atoms with Gasteiger partial charge in [0.2, 0.25) is 0 Å². The van der Waals surface area contributed by atoms with Crippen LogP contribution in [0.2, 0.25) is 0 Å². The average molecular weight is 213 g/mol. The molecule has 3 nitrogen and oxygen atoms in total. The van der Waals surface area contributed by atoms with E-state index in [0.717, 1.165) is 5.03 Å². The summed E-state index contributed by atoms with van der Waals surface area (Å²) in [5, 5.41) is 0.975. The van der Waals surface area contributed by atoms with Crippen LogP contribution in [0.1, 0.15) is 20.8 Å². The second kappa shape index (κ2) is 4.55. The molecule has 4 heteroatoms. The number of ether oxygens (including phenoxy) is 1. The van der Waals surface area contributed by atoms with Crippen LogP contribution in [-0.4, -0.2) is 22.3 Å². The first-order valence-electron chi connectivity index (χ1n) is 4.56. The van der Waals surface area contributed by atoms with Gasteiger partial charge in [0.1, 0.15) is 4.75 Å². The third-order valence-corrected chi connectivity index (χ3v) is 2.85. The van der Waals surface area contributed by atoms with Crippen molar-refractivity contribution in [3.05, 3.63) is 18.3 Å². The first kappa shape index (κ1) is 11.2. The number of esters is 1. The maximum Gasteiger partial charge on any atom is 0.322 e. The summed E-state index contributed by atoms with van der Waals surface area (Å²) in [4.78, 5) is 14.6. The molecular weight excluding hydrogens is 198 g/mol. The molecule has 1 N–H and O–H groups in total. The Kier molecular flexibility index (Phi) is 3.63. The Morgan fingerprint density at radius 3 is 2.86 bits per heavy atom. The summed E-state index contributed by atoms with van der Waals surface area (Å²) in [7, 11) is 0. The molecule has 0 aromatic carbocycles. The largest absolute Gasteiger partial charge is 0.465 e. The molecule has 0 saturated heterocycles. The van der Waals surface area contributed by atoms with E-state index in [-0.39, 0.29) is 5.97 Å². The van der Waals surface area contributed by atoms with Crippen molar-refractivity contribution < 1.29 is 9.53 Å². The summed E-state index contributed by atoms with van der Waals surface area (Å²) in [5.74, 6) is -0.181. The molecule has 0 radical (unpaired) electrons. The van der Waals surface area contributed by atoms with Gasteiger partial charge in [-0.05, 0) is 32.9 Å². The minimum Gasteiger partial charge on any atom is -0.465 e. The molecule has 0 saturated carbocycles. The van der Waals surface area contributed by atoms with Gasteiger partial charge in [-0.2, -0.15) is 0 Å². The molecule has 0 amide bonds. The Morgan fingerprint density at radius 2 is 2.36 bits per heavy atom. The van der Waals surface area contributed by atoms with E-state index in [1.807, 2.05) is 39.1 Å². The van der Waals surface area contributed by atoms with Crippen molar-refractivity contribution in [1.29, 1.82) is 0 Å². The van der Waals surface area contributed by atoms with Crippen LogP contribution in [0, 0.1) is 0 Å². The van der Waals surface area contributed by atoms with E-state index in [0.29, 0.717) is 6.61 Å². The number of H-pyrrole nitrogens is 1. The highest BCUT2D eigenvalue weighted by Gasteiger charge is 2.30. The van der Waals surface area contributed by atoms with Crippen molar-refractivity contribution in [2.24, 2.45) is 0 Å². The molecule has 0 unspecified atom stereocenters. The van der Waals surface area contributed by atoms with Crippen LogP contribution in [0.15, 0.2) is 23.4 Å². The van der Waals surface area contributed by atoms with Gasteiger partial charge in [0.15, 0.2) is 0 Å². The van der Waals surface area contributed by atoms with Crippen molar-refractivity contribution in [2.45, 2.75) is 30.5 Å². The highest BCUT2D eigenvalue weighted by molar-refractivity contribution is 8.01. The Morgan fingerprint density at radius 1 is 1.64 bits per heavy atom. The predicted molar refractivity (Wildman–Crippen MR) is 57.4 cm³/mol. The zero-order valence-corrected chi connectivity index (χ0v) is 9.48. The molecule has 14 heavy (non-hydrogen) atoms. The number of aromatic amines is 1. The molecule has 1 aromatic rings. The van der Waals surface area contributed by atoms with Crippen LogP contribution >= 0.6 is 11.8 Å². The Bertz CT molecular complexity index is 293. The molecule has 1 aromatic heterocycles. The Labute approximate surface area is 88.2 Å². The second-order valence-corrected chi connectivity index (χ2v) is 5.03. The molecule has 0 fully saturated rings. The van der Waals surface area contributed by atoms with E-state index in [1.165, 1.54) is 11.8 Å². The highest BCUT2D eigenvalue weighted by Crippen LogP contribution is 2.32. The molecule has 0 atom stereocenters. The molecule has 0 bridgehead atoms. The number of aromatic nitrogens is 1. The first-order valence-corrected chi connectivity index (χ1v) is 5.37. The van der Waals surface area contributed by atoms with Gasteiger partial charge in [0.25, 0.3) is 0 Å². The van der Waals surface area contributed by atoms with Gasteiger partial charge < -0.3 is 9.72 Å². The van der Waals surface area contributed by atoms with E-state index in [9.17, 15) is 4.79 Å². The molecule has 0 spiro atoms. The zero-order chi connectivity index (χ0) is 10.6. The number of carbonyl (C=O) groups is 1. The molecule has 1 heterocycles. The third kappa shape index (κ3) is 2.80. The third-order valence-electron chi connectivity index (χ3n) is 1.70. The van der Waals surface area contributed by atoms with Crippen molar-refractivity contribution in [3.63, 3.8) is 0 Å². The van der Waals surface area contributed by atoms with Crippen molar-refractivity contribution >= 4 is 17.7 Å². The lowest BCUT2D eigenvalue weighted by atomic mass is 10.2. The molecule has 0 aliphatic heterocycles. The van der Waals surface area contributed by atoms with Gasteiger partial charge in [0.05, 0.1) is 11.6 Å². The number of rotatable bonds is 4. The molecule has 78 valence electrons. The first-order chi connectivity index (χ1) is 6.56. The number of thioether (sulfide) groups is 1. The SMILES string of the molecule is CCOC(=O)C(C)(C)Sc1ccc[nH]1. The summed E-state index contributed by atoms with van der Waals surface area (Å²) >= 11 is 1.47. The molecule has 1 rings (SSSR count). The van der Waals surface area contributed by atoms with Crippen molar-refractivity contribution in [2.75, 3.05) is 6.61 Å². The maximum absolute atomic E-state index is 11.5.